The highest BCUT2D eigenvalue weighted by Crippen LogP contribution is 2.50. The standard InChI is InChI=1S/C19H26FNO2/c1-14(2)13-23-17-11-19(12-17)7-9-21(10-8-19)18(22)15-3-5-16(20)6-4-15/h3-6,14,17H,7-13H2,1-2H3. The van der Waals surface area contributed by atoms with Crippen molar-refractivity contribution in [2.45, 2.75) is 45.6 Å². The van der Waals surface area contributed by atoms with Crippen molar-refractivity contribution in [3.05, 3.63) is 35.6 Å². The molecule has 1 aromatic carbocycles. The lowest BCUT2D eigenvalue weighted by Gasteiger charge is -2.52. The zero-order valence-corrected chi connectivity index (χ0v) is 14.1. The van der Waals surface area contributed by atoms with E-state index in [2.05, 4.69) is 13.8 Å². The second kappa shape index (κ2) is 6.60. The molecule has 1 saturated heterocycles. The molecular formula is C19H26FNO2. The Labute approximate surface area is 137 Å². The SMILES string of the molecule is CC(C)COC1CC2(CCN(C(=O)c3ccc(F)cc3)CC2)C1. The van der Waals surface area contributed by atoms with E-state index in [-0.39, 0.29) is 11.7 Å². The predicted octanol–water partition coefficient (Wildman–Crippen LogP) is 3.88. The van der Waals surface area contributed by atoms with Crippen molar-refractivity contribution in [1.82, 2.24) is 4.90 Å². The van der Waals surface area contributed by atoms with Gasteiger partial charge in [-0.15, -0.1) is 0 Å². The third-order valence-corrected chi connectivity index (χ3v) is 5.19. The zero-order valence-electron chi connectivity index (χ0n) is 14.1. The number of rotatable bonds is 4. The van der Waals surface area contributed by atoms with Crippen molar-refractivity contribution in [2.24, 2.45) is 11.3 Å². The van der Waals surface area contributed by atoms with Gasteiger partial charge in [0.15, 0.2) is 0 Å². The summed E-state index contributed by atoms with van der Waals surface area (Å²) in [7, 11) is 0. The zero-order chi connectivity index (χ0) is 16.4. The van der Waals surface area contributed by atoms with Crippen LogP contribution in [0.3, 0.4) is 0 Å². The number of benzene rings is 1. The van der Waals surface area contributed by atoms with Crippen molar-refractivity contribution in [2.75, 3.05) is 19.7 Å². The molecule has 1 aliphatic carbocycles. The molecule has 1 saturated carbocycles. The van der Waals surface area contributed by atoms with Gasteiger partial charge in [0.2, 0.25) is 0 Å². The minimum atomic E-state index is -0.305. The highest BCUT2D eigenvalue weighted by molar-refractivity contribution is 5.94. The first-order valence-corrected chi connectivity index (χ1v) is 8.64. The lowest BCUT2D eigenvalue weighted by molar-refractivity contribution is -0.107. The number of ether oxygens (including phenoxy) is 1. The van der Waals surface area contributed by atoms with E-state index >= 15 is 0 Å². The average molecular weight is 319 g/mol. The summed E-state index contributed by atoms with van der Waals surface area (Å²) >= 11 is 0. The van der Waals surface area contributed by atoms with Crippen molar-refractivity contribution >= 4 is 5.91 Å². The van der Waals surface area contributed by atoms with Gasteiger partial charge < -0.3 is 9.64 Å². The topological polar surface area (TPSA) is 29.5 Å². The van der Waals surface area contributed by atoms with Gasteiger partial charge in [-0.05, 0) is 61.3 Å². The fraction of sp³-hybridized carbons (Fsp3) is 0.632. The van der Waals surface area contributed by atoms with Crippen LogP contribution in [0.1, 0.15) is 49.9 Å². The highest BCUT2D eigenvalue weighted by atomic mass is 19.1. The highest BCUT2D eigenvalue weighted by Gasteiger charge is 2.46. The first-order chi connectivity index (χ1) is 11.0. The van der Waals surface area contributed by atoms with E-state index in [1.807, 2.05) is 4.90 Å². The molecular weight excluding hydrogens is 293 g/mol. The normalized spacial score (nSPS) is 20.8. The van der Waals surface area contributed by atoms with Crippen molar-refractivity contribution < 1.29 is 13.9 Å². The molecule has 3 rings (SSSR count). The van der Waals surface area contributed by atoms with Crippen LogP contribution in [0.5, 0.6) is 0 Å². The van der Waals surface area contributed by atoms with E-state index in [9.17, 15) is 9.18 Å². The fourth-order valence-corrected chi connectivity index (χ4v) is 3.72. The van der Waals surface area contributed by atoms with Crippen LogP contribution in [0.4, 0.5) is 4.39 Å². The van der Waals surface area contributed by atoms with Crippen LogP contribution in [0.15, 0.2) is 24.3 Å². The average Bonchev–Trinajstić information content (AvgIpc) is 2.51. The molecule has 2 aliphatic rings. The minimum Gasteiger partial charge on any atom is -0.378 e. The summed E-state index contributed by atoms with van der Waals surface area (Å²) in [5.41, 5.74) is 0.968. The Morgan fingerprint density at radius 1 is 1.26 bits per heavy atom. The number of nitrogens with zero attached hydrogens (tertiary/aromatic N) is 1. The Hall–Kier alpha value is -1.42. The van der Waals surface area contributed by atoms with Gasteiger partial charge in [0, 0.05) is 25.3 Å². The molecule has 2 fully saturated rings. The molecule has 3 nitrogen and oxygen atoms in total. The molecule has 126 valence electrons. The first kappa shape index (κ1) is 16.4. The quantitative estimate of drug-likeness (QED) is 0.843. The minimum absolute atomic E-state index is 0.0202. The van der Waals surface area contributed by atoms with E-state index in [4.69, 9.17) is 4.74 Å². The Bertz CT molecular complexity index is 539. The number of likely N-dealkylation sites (tertiary alicyclic amines) is 1. The van der Waals surface area contributed by atoms with Crippen molar-refractivity contribution in [1.29, 1.82) is 0 Å². The van der Waals surface area contributed by atoms with E-state index in [1.54, 1.807) is 12.1 Å². The number of hydrogen-bond acceptors (Lipinski definition) is 2. The number of halogens is 1. The van der Waals surface area contributed by atoms with E-state index in [0.29, 0.717) is 23.0 Å². The summed E-state index contributed by atoms with van der Waals surface area (Å²) in [6, 6.07) is 5.84. The molecule has 0 radical (unpaired) electrons. The smallest absolute Gasteiger partial charge is 0.253 e. The number of carbonyl (C=O) groups is 1. The third-order valence-electron chi connectivity index (χ3n) is 5.19. The maximum atomic E-state index is 13.0. The Balaban J connectivity index is 1.48. The fourth-order valence-electron chi connectivity index (χ4n) is 3.72. The van der Waals surface area contributed by atoms with Gasteiger partial charge in [-0.3, -0.25) is 4.79 Å². The van der Waals surface area contributed by atoms with Gasteiger partial charge in [-0.2, -0.15) is 0 Å². The van der Waals surface area contributed by atoms with Crippen LogP contribution in [-0.2, 0) is 4.74 Å². The van der Waals surface area contributed by atoms with Gasteiger partial charge in [0.25, 0.3) is 5.91 Å². The summed E-state index contributed by atoms with van der Waals surface area (Å²) < 4.78 is 18.9. The van der Waals surface area contributed by atoms with Crippen LogP contribution >= 0.6 is 0 Å². The molecule has 1 aliphatic heterocycles. The second-order valence-electron chi connectivity index (χ2n) is 7.56. The number of hydrogen-bond donors (Lipinski definition) is 0. The van der Waals surface area contributed by atoms with E-state index < -0.39 is 0 Å². The van der Waals surface area contributed by atoms with Gasteiger partial charge in [-0.25, -0.2) is 4.39 Å². The summed E-state index contributed by atoms with van der Waals surface area (Å²) in [5.74, 6) is 0.301. The summed E-state index contributed by atoms with van der Waals surface area (Å²) in [6.45, 7) is 6.79. The monoisotopic (exact) mass is 319 g/mol. The summed E-state index contributed by atoms with van der Waals surface area (Å²) in [4.78, 5) is 14.4. The molecule has 0 unspecified atom stereocenters. The first-order valence-electron chi connectivity index (χ1n) is 8.64. The lowest BCUT2D eigenvalue weighted by Crippen LogP contribution is -2.51. The number of amides is 1. The van der Waals surface area contributed by atoms with Crippen LogP contribution < -0.4 is 0 Å². The number of carbonyl (C=O) groups excluding carboxylic acids is 1. The molecule has 0 atom stereocenters. The maximum Gasteiger partial charge on any atom is 0.253 e. The van der Waals surface area contributed by atoms with Gasteiger partial charge in [-0.1, -0.05) is 13.8 Å². The van der Waals surface area contributed by atoms with E-state index in [0.717, 1.165) is 45.4 Å². The molecule has 1 spiro atoms. The van der Waals surface area contributed by atoms with Crippen LogP contribution in [0.2, 0.25) is 0 Å². The molecule has 0 bridgehead atoms. The Morgan fingerprint density at radius 3 is 2.43 bits per heavy atom. The Kier molecular flexibility index (Phi) is 4.72. The molecule has 0 aromatic heterocycles. The second-order valence-corrected chi connectivity index (χ2v) is 7.56. The van der Waals surface area contributed by atoms with Gasteiger partial charge in [0.05, 0.1) is 6.10 Å². The van der Waals surface area contributed by atoms with Crippen LogP contribution in [0.25, 0.3) is 0 Å². The molecule has 1 heterocycles. The van der Waals surface area contributed by atoms with Gasteiger partial charge >= 0.3 is 0 Å². The molecule has 4 heteroatoms. The van der Waals surface area contributed by atoms with Gasteiger partial charge in [0.1, 0.15) is 5.82 Å². The van der Waals surface area contributed by atoms with E-state index in [1.165, 1.54) is 12.1 Å². The van der Waals surface area contributed by atoms with Crippen molar-refractivity contribution in [3.63, 3.8) is 0 Å². The van der Waals surface area contributed by atoms with Crippen LogP contribution in [0, 0.1) is 17.2 Å². The summed E-state index contributed by atoms with van der Waals surface area (Å²) in [5, 5.41) is 0. The number of piperidine rings is 1. The third kappa shape index (κ3) is 3.74. The molecule has 0 N–H and O–H groups in total. The molecule has 1 aromatic rings. The van der Waals surface area contributed by atoms with Crippen molar-refractivity contribution in [3.8, 4) is 0 Å². The Morgan fingerprint density at radius 2 is 1.87 bits per heavy atom. The summed E-state index contributed by atoms with van der Waals surface area (Å²) in [6.07, 6.45) is 4.80. The largest absolute Gasteiger partial charge is 0.378 e. The molecule has 23 heavy (non-hydrogen) atoms. The maximum absolute atomic E-state index is 13.0. The molecule has 1 amide bonds. The lowest BCUT2D eigenvalue weighted by atomic mass is 9.61. The predicted molar refractivity (Wildman–Crippen MR) is 87.8 cm³/mol. The van der Waals surface area contributed by atoms with Crippen LogP contribution in [-0.4, -0.2) is 36.6 Å².